The Morgan fingerprint density at radius 3 is 2.30 bits per heavy atom. The molecule has 0 aliphatic carbocycles. The number of hydrogen-bond acceptors (Lipinski definition) is 5. The SMILES string of the molecule is O=C(O)[C@H]1C[C@H](OC(=O)N2CCCC2)CN(Cc2ccccc2)[C@@H]1C(=O)O. The van der Waals surface area contributed by atoms with E-state index in [0.29, 0.717) is 13.1 Å². The van der Waals surface area contributed by atoms with Crippen LogP contribution in [0, 0.1) is 5.92 Å². The van der Waals surface area contributed by atoms with Gasteiger partial charge in [-0.2, -0.15) is 0 Å². The number of likely N-dealkylation sites (tertiary alicyclic amines) is 2. The van der Waals surface area contributed by atoms with Crippen LogP contribution in [-0.2, 0) is 20.9 Å². The summed E-state index contributed by atoms with van der Waals surface area (Å²) in [5.74, 6) is -3.51. The number of hydrogen-bond donors (Lipinski definition) is 2. The van der Waals surface area contributed by atoms with E-state index in [2.05, 4.69) is 0 Å². The number of nitrogens with zero attached hydrogens (tertiary/aromatic N) is 2. The lowest BCUT2D eigenvalue weighted by molar-refractivity contribution is -0.162. The molecule has 2 aliphatic heterocycles. The summed E-state index contributed by atoms with van der Waals surface area (Å²) in [7, 11) is 0. The first-order chi connectivity index (χ1) is 13.0. The molecule has 3 rings (SSSR count). The summed E-state index contributed by atoms with van der Waals surface area (Å²) in [4.78, 5) is 39.0. The van der Waals surface area contributed by atoms with Crippen LogP contribution in [0.5, 0.6) is 0 Å². The molecule has 2 heterocycles. The molecule has 0 radical (unpaired) electrons. The lowest BCUT2D eigenvalue weighted by Gasteiger charge is -2.40. The number of aliphatic carboxylic acids is 2. The molecule has 3 atom stereocenters. The summed E-state index contributed by atoms with van der Waals surface area (Å²) >= 11 is 0. The van der Waals surface area contributed by atoms with Crippen LogP contribution < -0.4 is 0 Å². The molecular formula is C19H24N2O6. The maximum atomic E-state index is 12.3. The summed E-state index contributed by atoms with van der Waals surface area (Å²) in [6.45, 7) is 1.74. The van der Waals surface area contributed by atoms with Gasteiger partial charge in [-0.1, -0.05) is 30.3 Å². The third-order valence-electron chi connectivity index (χ3n) is 5.16. The highest BCUT2D eigenvalue weighted by Crippen LogP contribution is 2.28. The van der Waals surface area contributed by atoms with Crippen LogP contribution in [0.2, 0.25) is 0 Å². The van der Waals surface area contributed by atoms with Crippen molar-refractivity contribution in [2.75, 3.05) is 19.6 Å². The average Bonchev–Trinajstić information content (AvgIpc) is 3.16. The molecule has 0 aromatic heterocycles. The Kier molecular flexibility index (Phi) is 5.95. The molecule has 2 aliphatic rings. The van der Waals surface area contributed by atoms with Gasteiger partial charge in [0.25, 0.3) is 0 Å². The largest absolute Gasteiger partial charge is 0.481 e. The number of carbonyl (C=O) groups is 3. The van der Waals surface area contributed by atoms with Gasteiger partial charge in [-0.25, -0.2) is 4.79 Å². The fourth-order valence-electron chi connectivity index (χ4n) is 3.86. The van der Waals surface area contributed by atoms with Crippen LogP contribution in [0.1, 0.15) is 24.8 Å². The zero-order chi connectivity index (χ0) is 19.4. The normalized spacial score (nSPS) is 25.9. The second kappa shape index (κ2) is 8.39. The quantitative estimate of drug-likeness (QED) is 0.804. The number of carboxylic acids is 2. The minimum atomic E-state index is -1.19. The first-order valence-electron chi connectivity index (χ1n) is 9.15. The van der Waals surface area contributed by atoms with Crippen molar-refractivity contribution in [2.24, 2.45) is 5.92 Å². The van der Waals surface area contributed by atoms with Crippen LogP contribution in [0.15, 0.2) is 30.3 Å². The van der Waals surface area contributed by atoms with Crippen molar-refractivity contribution in [1.82, 2.24) is 9.80 Å². The van der Waals surface area contributed by atoms with E-state index in [9.17, 15) is 24.6 Å². The predicted molar refractivity (Wildman–Crippen MR) is 95.1 cm³/mol. The van der Waals surface area contributed by atoms with E-state index in [0.717, 1.165) is 18.4 Å². The molecular weight excluding hydrogens is 352 g/mol. The van der Waals surface area contributed by atoms with Crippen LogP contribution in [0.4, 0.5) is 4.79 Å². The maximum Gasteiger partial charge on any atom is 0.410 e. The van der Waals surface area contributed by atoms with E-state index in [1.807, 2.05) is 30.3 Å². The summed E-state index contributed by atoms with van der Waals surface area (Å²) < 4.78 is 5.54. The number of carbonyl (C=O) groups excluding carboxylic acids is 1. The van der Waals surface area contributed by atoms with Crippen LogP contribution in [-0.4, -0.2) is 69.8 Å². The Balaban J connectivity index is 1.77. The molecule has 0 unspecified atom stereocenters. The topological polar surface area (TPSA) is 107 Å². The number of piperidine rings is 1. The zero-order valence-corrected chi connectivity index (χ0v) is 15.0. The van der Waals surface area contributed by atoms with E-state index in [1.165, 1.54) is 0 Å². The standard InChI is InChI=1S/C19H24N2O6/c22-17(23)15-10-14(27-19(26)20-8-4-5-9-20)12-21(16(15)18(24)25)11-13-6-2-1-3-7-13/h1-3,6-7,14-16H,4-5,8-12H2,(H,22,23)(H,24,25)/t14-,15-,16-/m0/s1. The Morgan fingerprint density at radius 1 is 1.04 bits per heavy atom. The highest BCUT2D eigenvalue weighted by atomic mass is 16.6. The van der Waals surface area contributed by atoms with Gasteiger partial charge in [-0.3, -0.25) is 14.5 Å². The number of ether oxygens (including phenoxy) is 1. The molecule has 8 heteroatoms. The molecule has 1 aromatic carbocycles. The van der Waals surface area contributed by atoms with Crippen LogP contribution >= 0.6 is 0 Å². The Bertz CT molecular complexity index is 689. The van der Waals surface area contributed by atoms with Gasteiger partial charge < -0.3 is 19.8 Å². The molecule has 2 saturated heterocycles. The summed E-state index contributed by atoms with van der Waals surface area (Å²) in [6.07, 6.45) is 0.753. The van der Waals surface area contributed by atoms with Gasteiger partial charge in [0, 0.05) is 32.6 Å². The lowest BCUT2D eigenvalue weighted by atomic mass is 9.87. The Labute approximate surface area is 157 Å². The molecule has 1 amide bonds. The van der Waals surface area contributed by atoms with Crippen molar-refractivity contribution in [3.05, 3.63) is 35.9 Å². The molecule has 2 fully saturated rings. The monoisotopic (exact) mass is 376 g/mol. The van der Waals surface area contributed by atoms with E-state index < -0.39 is 36.1 Å². The molecule has 1 aromatic rings. The highest BCUT2D eigenvalue weighted by molar-refractivity contribution is 5.83. The molecule has 8 nitrogen and oxygen atoms in total. The highest BCUT2D eigenvalue weighted by Gasteiger charge is 2.45. The number of carboxylic acid groups (broad SMARTS) is 2. The van der Waals surface area contributed by atoms with Crippen molar-refractivity contribution in [1.29, 1.82) is 0 Å². The number of benzene rings is 1. The van der Waals surface area contributed by atoms with Gasteiger partial charge in [0.15, 0.2) is 0 Å². The fourth-order valence-corrected chi connectivity index (χ4v) is 3.86. The number of amides is 1. The lowest BCUT2D eigenvalue weighted by Crippen LogP contribution is -2.57. The van der Waals surface area contributed by atoms with Crippen molar-refractivity contribution >= 4 is 18.0 Å². The molecule has 27 heavy (non-hydrogen) atoms. The van der Waals surface area contributed by atoms with E-state index in [-0.39, 0.29) is 19.5 Å². The van der Waals surface area contributed by atoms with Gasteiger partial charge in [0.05, 0.1) is 5.92 Å². The Morgan fingerprint density at radius 2 is 1.70 bits per heavy atom. The second-order valence-corrected chi connectivity index (χ2v) is 7.08. The third-order valence-corrected chi connectivity index (χ3v) is 5.16. The van der Waals surface area contributed by atoms with E-state index in [1.54, 1.807) is 9.80 Å². The van der Waals surface area contributed by atoms with Crippen LogP contribution in [0.25, 0.3) is 0 Å². The number of rotatable bonds is 5. The van der Waals surface area contributed by atoms with Gasteiger partial charge in [-0.05, 0) is 18.4 Å². The first-order valence-corrected chi connectivity index (χ1v) is 9.15. The molecule has 146 valence electrons. The van der Waals surface area contributed by atoms with Crippen molar-refractivity contribution in [3.63, 3.8) is 0 Å². The van der Waals surface area contributed by atoms with Crippen LogP contribution in [0.3, 0.4) is 0 Å². The minimum Gasteiger partial charge on any atom is -0.481 e. The minimum absolute atomic E-state index is 0.00281. The van der Waals surface area contributed by atoms with Crippen molar-refractivity contribution in [3.8, 4) is 0 Å². The second-order valence-electron chi connectivity index (χ2n) is 7.08. The molecule has 0 spiro atoms. The van der Waals surface area contributed by atoms with E-state index >= 15 is 0 Å². The Hall–Kier alpha value is -2.61. The van der Waals surface area contributed by atoms with Gasteiger partial charge in [0.2, 0.25) is 0 Å². The molecule has 0 saturated carbocycles. The van der Waals surface area contributed by atoms with Gasteiger partial charge >= 0.3 is 18.0 Å². The van der Waals surface area contributed by atoms with Crippen molar-refractivity contribution < 1.29 is 29.3 Å². The van der Waals surface area contributed by atoms with Gasteiger partial charge in [-0.15, -0.1) is 0 Å². The first kappa shape index (κ1) is 19.2. The van der Waals surface area contributed by atoms with E-state index in [4.69, 9.17) is 4.74 Å². The summed E-state index contributed by atoms with van der Waals surface area (Å²) in [5.41, 5.74) is 0.874. The zero-order valence-electron chi connectivity index (χ0n) is 15.0. The third kappa shape index (κ3) is 4.57. The summed E-state index contributed by atoms with van der Waals surface area (Å²) in [5, 5.41) is 19.2. The van der Waals surface area contributed by atoms with Crippen molar-refractivity contribution in [2.45, 2.75) is 38.0 Å². The average molecular weight is 376 g/mol. The molecule has 0 bridgehead atoms. The predicted octanol–water partition coefficient (Wildman–Crippen LogP) is 1.65. The van der Waals surface area contributed by atoms with Gasteiger partial charge in [0.1, 0.15) is 12.1 Å². The maximum absolute atomic E-state index is 12.3. The fraction of sp³-hybridized carbons (Fsp3) is 0.526. The summed E-state index contributed by atoms with van der Waals surface area (Å²) in [6, 6.07) is 8.09. The smallest absolute Gasteiger partial charge is 0.410 e. The molecule has 2 N–H and O–H groups in total.